The highest BCUT2D eigenvalue weighted by Crippen LogP contribution is 2.43. The Morgan fingerprint density at radius 2 is 2.25 bits per heavy atom. The molecule has 128 valence electrons. The Morgan fingerprint density at radius 3 is 2.92 bits per heavy atom. The van der Waals surface area contributed by atoms with E-state index in [1.807, 2.05) is 27.8 Å². The molecule has 0 spiro atoms. The summed E-state index contributed by atoms with van der Waals surface area (Å²) in [6.07, 6.45) is 6.45. The fraction of sp³-hybridized carbons (Fsp3) is 0.444. The van der Waals surface area contributed by atoms with E-state index < -0.39 is 5.97 Å². The van der Waals surface area contributed by atoms with Crippen molar-refractivity contribution < 1.29 is 14.6 Å². The second-order valence-corrected chi connectivity index (χ2v) is 6.20. The van der Waals surface area contributed by atoms with Gasteiger partial charge in [-0.05, 0) is 37.1 Å². The third-order valence-electron chi connectivity index (χ3n) is 4.53. The van der Waals surface area contributed by atoms with Crippen molar-refractivity contribution in [1.82, 2.24) is 9.55 Å². The number of imidazole rings is 1. The van der Waals surface area contributed by atoms with Crippen molar-refractivity contribution >= 4 is 11.7 Å². The van der Waals surface area contributed by atoms with Gasteiger partial charge >= 0.3 is 5.97 Å². The van der Waals surface area contributed by atoms with Gasteiger partial charge in [0, 0.05) is 36.6 Å². The van der Waals surface area contributed by atoms with Crippen LogP contribution < -0.4 is 9.64 Å². The SMILES string of the molecule is CCCOc1ccc2c(c1)C(Cn1ccnc1)C(C)N2CC(=O)O. The van der Waals surface area contributed by atoms with Gasteiger partial charge in [-0.1, -0.05) is 6.92 Å². The molecular weight excluding hydrogens is 306 g/mol. The van der Waals surface area contributed by atoms with Crippen LogP contribution in [-0.4, -0.2) is 39.8 Å². The molecule has 0 saturated heterocycles. The molecule has 1 N–H and O–H groups in total. The minimum Gasteiger partial charge on any atom is -0.494 e. The van der Waals surface area contributed by atoms with Crippen LogP contribution in [0.3, 0.4) is 0 Å². The summed E-state index contributed by atoms with van der Waals surface area (Å²) in [6, 6.07) is 6.06. The summed E-state index contributed by atoms with van der Waals surface area (Å²) < 4.78 is 7.80. The monoisotopic (exact) mass is 329 g/mol. The lowest BCUT2D eigenvalue weighted by Crippen LogP contribution is -2.36. The molecule has 0 aliphatic carbocycles. The van der Waals surface area contributed by atoms with Crippen molar-refractivity contribution in [2.45, 2.75) is 38.8 Å². The number of carbonyl (C=O) groups is 1. The van der Waals surface area contributed by atoms with Crippen LogP contribution in [0.15, 0.2) is 36.9 Å². The Morgan fingerprint density at radius 1 is 1.42 bits per heavy atom. The smallest absolute Gasteiger partial charge is 0.323 e. The summed E-state index contributed by atoms with van der Waals surface area (Å²) in [6.45, 7) is 5.60. The zero-order chi connectivity index (χ0) is 17.1. The lowest BCUT2D eigenvalue weighted by Gasteiger charge is -2.25. The molecular formula is C18H23N3O3. The van der Waals surface area contributed by atoms with Crippen LogP contribution >= 0.6 is 0 Å². The normalized spacial score (nSPS) is 19.3. The molecule has 3 rings (SSSR count). The van der Waals surface area contributed by atoms with Gasteiger partial charge in [0.1, 0.15) is 12.3 Å². The van der Waals surface area contributed by atoms with Crippen LogP contribution in [0, 0.1) is 0 Å². The van der Waals surface area contributed by atoms with E-state index in [1.165, 1.54) is 0 Å². The fourth-order valence-corrected chi connectivity index (χ4v) is 3.34. The van der Waals surface area contributed by atoms with Gasteiger partial charge in [0.15, 0.2) is 0 Å². The van der Waals surface area contributed by atoms with Crippen LogP contribution in [-0.2, 0) is 11.3 Å². The molecule has 0 saturated carbocycles. The van der Waals surface area contributed by atoms with Crippen LogP contribution in [0.5, 0.6) is 5.75 Å². The van der Waals surface area contributed by atoms with E-state index in [2.05, 4.69) is 24.9 Å². The van der Waals surface area contributed by atoms with E-state index in [1.54, 1.807) is 12.5 Å². The van der Waals surface area contributed by atoms with E-state index in [-0.39, 0.29) is 18.5 Å². The van der Waals surface area contributed by atoms with E-state index in [4.69, 9.17) is 4.74 Å². The highest BCUT2D eigenvalue weighted by molar-refractivity contribution is 5.77. The molecule has 2 unspecified atom stereocenters. The number of aromatic nitrogens is 2. The molecule has 0 radical (unpaired) electrons. The van der Waals surface area contributed by atoms with Crippen LogP contribution in [0.2, 0.25) is 0 Å². The Balaban J connectivity index is 1.93. The first-order chi connectivity index (χ1) is 11.6. The summed E-state index contributed by atoms with van der Waals surface area (Å²) in [4.78, 5) is 17.3. The predicted molar refractivity (Wildman–Crippen MR) is 91.6 cm³/mol. The summed E-state index contributed by atoms with van der Waals surface area (Å²) in [5, 5.41) is 9.25. The topological polar surface area (TPSA) is 67.6 Å². The van der Waals surface area contributed by atoms with Gasteiger partial charge in [-0.15, -0.1) is 0 Å². The maximum atomic E-state index is 11.3. The zero-order valence-corrected chi connectivity index (χ0v) is 14.1. The summed E-state index contributed by atoms with van der Waals surface area (Å²) >= 11 is 0. The maximum absolute atomic E-state index is 11.3. The first-order valence-electron chi connectivity index (χ1n) is 8.31. The minimum atomic E-state index is -0.817. The number of carboxylic acids is 1. The van der Waals surface area contributed by atoms with E-state index in [0.29, 0.717) is 6.61 Å². The highest BCUT2D eigenvalue weighted by Gasteiger charge is 2.36. The Hall–Kier alpha value is -2.50. The molecule has 2 aromatic rings. The van der Waals surface area contributed by atoms with Crippen molar-refractivity contribution in [3.8, 4) is 5.75 Å². The number of hydrogen-bond acceptors (Lipinski definition) is 4. The van der Waals surface area contributed by atoms with Crippen LogP contribution in [0.25, 0.3) is 0 Å². The summed E-state index contributed by atoms with van der Waals surface area (Å²) in [7, 11) is 0. The predicted octanol–water partition coefficient (Wildman–Crippen LogP) is 2.75. The average molecular weight is 329 g/mol. The standard InChI is InChI=1S/C18H23N3O3/c1-3-8-24-14-4-5-17-15(9-14)16(10-20-7-6-19-12-20)13(2)21(17)11-18(22)23/h4-7,9,12-13,16H,3,8,10-11H2,1-2H3,(H,22,23). The Bertz CT molecular complexity index is 700. The molecule has 6 nitrogen and oxygen atoms in total. The second kappa shape index (κ2) is 6.95. The molecule has 0 bridgehead atoms. The Kier molecular flexibility index (Phi) is 4.74. The molecule has 1 aliphatic rings. The number of ether oxygens (including phenoxy) is 1. The molecule has 6 heteroatoms. The van der Waals surface area contributed by atoms with Gasteiger partial charge in [0.2, 0.25) is 0 Å². The molecule has 2 heterocycles. The second-order valence-electron chi connectivity index (χ2n) is 6.20. The summed E-state index contributed by atoms with van der Waals surface area (Å²) in [5.41, 5.74) is 2.13. The molecule has 0 amide bonds. The third-order valence-corrected chi connectivity index (χ3v) is 4.53. The lowest BCUT2D eigenvalue weighted by atomic mass is 9.95. The largest absolute Gasteiger partial charge is 0.494 e. The number of anilines is 1. The zero-order valence-electron chi connectivity index (χ0n) is 14.1. The highest BCUT2D eigenvalue weighted by atomic mass is 16.5. The van der Waals surface area contributed by atoms with Crippen LogP contribution in [0.4, 0.5) is 5.69 Å². The van der Waals surface area contributed by atoms with Gasteiger partial charge in [-0.3, -0.25) is 4.79 Å². The van der Waals surface area contributed by atoms with Gasteiger partial charge in [-0.25, -0.2) is 4.98 Å². The third kappa shape index (κ3) is 3.22. The number of nitrogens with zero attached hydrogens (tertiary/aromatic N) is 3. The van der Waals surface area contributed by atoms with Crippen molar-refractivity contribution in [2.24, 2.45) is 0 Å². The van der Waals surface area contributed by atoms with Crippen molar-refractivity contribution in [3.05, 3.63) is 42.5 Å². The van der Waals surface area contributed by atoms with Crippen molar-refractivity contribution in [3.63, 3.8) is 0 Å². The van der Waals surface area contributed by atoms with Crippen molar-refractivity contribution in [2.75, 3.05) is 18.1 Å². The van der Waals surface area contributed by atoms with E-state index in [9.17, 15) is 9.90 Å². The van der Waals surface area contributed by atoms with E-state index >= 15 is 0 Å². The van der Waals surface area contributed by atoms with Crippen molar-refractivity contribution in [1.29, 1.82) is 0 Å². The molecule has 1 aromatic carbocycles. The number of aliphatic carboxylic acids is 1. The number of rotatable bonds is 7. The maximum Gasteiger partial charge on any atom is 0.323 e. The molecule has 24 heavy (non-hydrogen) atoms. The van der Waals surface area contributed by atoms with Gasteiger partial charge in [0.25, 0.3) is 0 Å². The first-order valence-corrected chi connectivity index (χ1v) is 8.31. The molecule has 2 atom stereocenters. The number of hydrogen-bond donors (Lipinski definition) is 1. The first kappa shape index (κ1) is 16.4. The van der Waals surface area contributed by atoms with Gasteiger partial charge in [-0.2, -0.15) is 0 Å². The minimum absolute atomic E-state index is 0.00373. The average Bonchev–Trinajstić information content (AvgIpc) is 3.15. The van der Waals surface area contributed by atoms with E-state index in [0.717, 1.165) is 30.0 Å². The molecule has 1 aliphatic heterocycles. The van der Waals surface area contributed by atoms with Gasteiger partial charge < -0.3 is 19.3 Å². The summed E-state index contributed by atoms with van der Waals surface area (Å²) in [5.74, 6) is 0.219. The van der Waals surface area contributed by atoms with Gasteiger partial charge in [0.05, 0.1) is 12.9 Å². The quantitative estimate of drug-likeness (QED) is 0.846. The fourth-order valence-electron chi connectivity index (χ4n) is 3.34. The molecule has 0 fully saturated rings. The molecule has 1 aromatic heterocycles. The number of benzene rings is 1. The number of carboxylic acid groups (broad SMARTS) is 1. The van der Waals surface area contributed by atoms with Crippen LogP contribution in [0.1, 0.15) is 31.7 Å². The Labute approximate surface area is 141 Å². The lowest BCUT2D eigenvalue weighted by molar-refractivity contribution is -0.135. The number of fused-ring (bicyclic) bond motifs is 1.